The highest BCUT2D eigenvalue weighted by molar-refractivity contribution is 8.76. The topological polar surface area (TPSA) is 129 Å². The van der Waals surface area contributed by atoms with Crippen molar-refractivity contribution in [3.63, 3.8) is 0 Å². The Morgan fingerprint density at radius 3 is 1.05 bits per heavy atom. The van der Waals surface area contributed by atoms with Gasteiger partial charge in [0.05, 0.1) is 0 Å². The summed E-state index contributed by atoms with van der Waals surface area (Å²) in [5.74, 6) is 0.283. The van der Waals surface area contributed by atoms with Gasteiger partial charge < -0.3 is 29.6 Å². The fraction of sp³-hybridized carbons (Fsp3) is 0.857. The van der Waals surface area contributed by atoms with Crippen LogP contribution in [0.1, 0.15) is 109 Å². The van der Waals surface area contributed by atoms with Crippen molar-refractivity contribution in [3.8, 4) is 0 Å². The van der Waals surface area contributed by atoms with Crippen molar-refractivity contribution in [1.82, 2.24) is 10.6 Å². The number of nitrogens with one attached hydrogen (secondary N) is 2. The zero-order chi connectivity index (χ0) is 31.4. The molecule has 0 aromatic heterocycles. The van der Waals surface area contributed by atoms with Gasteiger partial charge in [-0.2, -0.15) is 0 Å². The maximum absolute atomic E-state index is 12.4. The summed E-state index contributed by atoms with van der Waals surface area (Å²) in [5, 5.41) is 5.69. The summed E-state index contributed by atoms with van der Waals surface area (Å²) >= 11 is 0. The van der Waals surface area contributed by atoms with Gasteiger partial charge in [0.2, 0.25) is 0 Å². The summed E-state index contributed by atoms with van der Waals surface area (Å²) in [6, 6.07) is -0.696. The average Bonchev–Trinajstić information content (AvgIpc) is 2.67. The highest BCUT2D eigenvalue weighted by atomic mass is 33.1. The Labute approximate surface area is 248 Å². The van der Waals surface area contributed by atoms with Crippen LogP contribution < -0.4 is 10.6 Å². The molecule has 0 aromatic rings. The molecule has 0 radical (unpaired) electrons. The van der Waals surface area contributed by atoms with E-state index in [1.807, 2.05) is 0 Å². The first kappa shape index (κ1) is 38.2. The van der Waals surface area contributed by atoms with Crippen molar-refractivity contribution in [2.75, 3.05) is 11.5 Å². The summed E-state index contributed by atoms with van der Waals surface area (Å²) in [7, 11) is 2.97. The smallest absolute Gasteiger partial charge is 0.407 e. The fourth-order valence-electron chi connectivity index (χ4n) is 2.97. The molecule has 234 valence electrons. The Hall–Kier alpha value is -1.82. The molecule has 0 unspecified atom stereocenters. The summed E-state index contributed by atoms with van der Waals surface area (Å²) in [5.41, 5.74) is -2.50. The number of ether oxygens (including phenoxy) is 4. The summed E-state index contributed by atoms with van der Waals surface area (Å²) < 4.78 is 21.6. The van der Waals surface area contributed by atoms with Crippen LogP contribution >= 0.6 is 21.6 Å². The number of carbonyl (C=O) groups is 4. The van der Waals surface area contributed by atoms with Crippen molar-refractivity contribution in [2.45, 2.75) is 143 Å². The van der Waals surface area contributed by atoms with Crippen LogP contribution in [0.3, 0.4) is 0 Å². The third kappa shape index (κ3) is 24.0. The summed E-state index contributed by atoms with van der Waals surface area (Å²) in [6.07, 6.45) is -0.0910. The molecule has 10 nitrogen and oxygen atoms in total. The van der Waals surface area contributed by atoms with E-state index in [2.05, 4.69) is 10.6 Å². The molecule has 0 rings (SSSR count). The van der Waals surface area contributed by atoms with E-state index in [0.29, 0.717) is 24.3 Å². The first-order valence-corrected chi connectivity index (χ1v) is 16.1. The van der Waals surface area contributed by atoms with E-state index in [1.165, 1.54) is 21.6 Å². The Morgan fingerprint density at radius 1 is 0.525 bits per heavy atom. The molecular weight excluding hydrogens is 556 g/mol. The largest absolute Gasteiger partial charge is 0.460 e. The minimum absolute atomic E-state index is 0.141. The molecule has 2 amide bonds. The minimum Gasteiger partial charge on any atom is -0.460 e. The van der Waals surface area contributed by atoms with Crippen LogP contribution in [0.4, 0.5) is 9.59 Å². The Morgan fingerprint density at radius 2 is 0.800 bits per heavy atom. The minimum atomic E-state index is -0.656. The van der Waals surface area contributed by atoms with Gasteiger partial charge in [0.15, 0.2) is 0 Å². The quantitative estimate of drug-likeness (QED) is 0.105. The molecule has 0 aromatic carbocycles. The van der Waals surface area contributed by atoms with Crippen LogP contribution in [-0.2, 0) is 28.5 Å². The molecular formula is C28H52N2O8S2. The highest BCUT2D eigenvalue weighted by Gasteiger charge is 2.24. The van der Waals surface area contributed by atoms with E-state index in [1.54, 1.807) is 83.1 Å². The third-order valence-electron chi connectivity index (χ3n) is 4.30. The molecule has 0 aliphatic rings. The molecule has 12 heteroatoms. The first-order chi connectivity index (χ1) is 17.9. The molecule has 0 saturated carbocycles. The molecule has 0 bridgehead atoms. The Balaban J connectivity index is 5.16. The van der Waals surface area contributed by atoms with Gasteiger partial charge in [-0.05, 0) is 95.9 Å². The fourth-order valence-corrected chi connectivity index (χ4v) is 5.56. The van der Waals surface area contributed by atoms with Gasteiger partial charge >= 0.3 is 24.1 Å². The van der Waals surface area contributed by atoms with Gasteiger partial charge in [0, 0.05) is 36.4 Å². The molecule has 0 heterocycles. The second-order valence-corrected chi connectivity index (χ2v) is 16.1. The molecule has 2 atom stereocenters. The monoisotopic (exact) mass is 608 g/mol. The van der Waals surface area contributed by atoms with E-state index < -0.39 is 34.6 Å². The lowest BCUT2D eigenvalue weighted by molar-refractivity contribution is -0.156. The lowest BCUT2D eigenvalue weighted by atomic mass is 10.1. The zero-order valence-electron chi connectivity index (χ0n) is 26.5. The highest BCUT2D eigenvalue weighted by Crippen LogP contribution is 2.26. The number of amides is 2. The number of esters is 2. The molecule has 0 fully saturated rings. The van der Waals surface area contributed by atoms with Gasteiger partial charge in [0.1, 0.15) is 22.4 Å². The second kappa shape index (κ2) is 16.6. The number of hydrogen-bond acceptors (Lipinski definition) is 10. The maximum Gasteiger partial charge on any atom is 0.407 e. The van der Waals surface area contributed by atoms with Crippen LogP contribution in [0.25, 0.3) is 0 Å². The van der Waals surface area contributed by atoms with E-state index >= 15 is 0 Å². The van der Waals surface area contributed by atoms with Crippen LogP contribution in [0.2, 0.25) is 0 Å². The molecule has 0 spiro atoms. The Bertz CT molecular complexity index is 756. The van der Waals surface area contributed by atoms with Crippen molar-refractivity contribution < 1.29 is 38.1 Å². The molecule has 0 aliphatic carbocycles. The molecule has 0 saturated heterocycles. The van der Waals surface area contributed by atoms with Crippen LogP contribution in [0.5, 0.6) is 0 Å². The van der Waals surface area contributed by atoms with Gasteiger partial charge in [-0.3, -0.25) is 9.59 Å². The lowest BCUT2D eigenvalue weighted by Gasteiger charge is -2.25. The second-order valence-electron chi connectivity index (χ2n) is 13.5. The number of rotatable bonds is 13. The van der Waals surface area contributed by atoms with E-state index in [9.17, 15) is 19.2 Å². The standard InChI is InChI=1S/C28H52N2O8S2/c1-25(2,3)35-21(31)15-13-19(29-23(33)37-27(7,8)9)17-39-40-18-20(30-24(34)38-28(10,11)12)14-16-22(32)36-26(4,5)6/h19-20H,13-18H2,1-12H3,(H,29,33)(H,30,34)/t19-,20-/m1/s1. The van der Waals surface area contributed by atoms with Gasteiger partial charge in [0.25, 0.3) is 0 Å². The van der Waals surface area contributed by atoms with Gasteiger partial charge in [-0.25, -0.2) is 9.59 Å². The molecule has 2 N–H and O–H groups in total. The van der Waals surface area contributed by atoms with E-state index in [-0.39, 0.29) is 36.9 Å². The number of alkyl carbamates (subject to hydrolysis) is 2. The predicted molar refractivity (Wildman–Crippen MR) is 161 cm³/mol. The predicted octanol–water partition coefficient (Wildman–Crippen LogP) is 6.40. The van der Waals surface area contributed by atoms with Crippen molar-refractivity contribution in [1.29, 1.82) is 0 Å². The first-order valence-electron chi connectivity index (χ1n) is 13.6. The SMILES string of the molecule is CC(C)(C)OC(=O)CC[C@H](CSSC[C@@H](CCC(=O)OC(C)(C)C)NC(=O)OC(C)(C)C)NC(=O)OC(C)(C)C. The lowest BCUT2D eigenvalue weighted by Crippen LogP contribution is -2.41. The van der Waals surface area contributed by atoms with Crippen LogP contribution in [0, 0.1) is 0 Å². The van der Waals surface area contributed by atoms with Gasteiger partial charge in [-0.1, -0.05) is 21.6 Å². The van der Waals surface area contributed by atoms with E-state index in [0.717, 1.165) is 0 Å². The summed E-state index contributed by atoms with van der Waals surface area (Å²) in [4.78, 5) is 49.3. The van der Waals surface area contributed by atoms with Crippen LogP contribution in [-0.4, -0.2) is 70.1 Å². The molecule has 0 aliphatic heterocycles. The summed E-state index contributed by atoms with van der Waals surface area (Å²) in [6.45, 7) is 21.5. The average molecular weight is 609 g/mol. The third-order valence-corrected chi connectivity index (χ3v) is 6.86. The van der Waals surface area contributed by atoms with Crippen molar-refractivity contribution in [2.24, 2.45) is 0 Å². The zero-order valence-corrected chi connectivity index (χ0v) is 28.1. The normalized spacial score (nSPS) is 14.0. The van der Waals surface area contributed by atoms with E-state index in [4.69, 9.17) is 18.9 Å². The van der Waals surface area contributed by atoms with Gasteiger partial charge in [-0.15, -0.1) is 0 Å². The maximum atomic E-state index is 12.4. The number of hydrogen-bond donors (Lipinski definition) is 2. The van der Waals surface area contributed by atoms with Crippen LogP contribution in [0.15, 0.2) is 0 Å². The number of carbonyl (C=O) groups excluding carboxylic acids is 4. The van der Waals surface area contributed by atoms with Crippen molar-refractivity contribution in [3.05, 3.63) is 0 Å². The molecule has 40 heavy (non-hydrogen) atoms. The van der Waals surface area contributed by atoms with Crippen molar-refractivity contribution >= 4 is 45.7 Å². The Kier molecular flexibility index (Phi) is 15.8.